The Bertz CT molecular complexity index is 511. The number of hydrogen-bond donors (Lipinski definition) is 2. The van der Waals surface area contributed by atoms with Crippen LogP contribution < -0.4 is 10.1 Å². The summed E-state index contributed by atoms with van der Waals surface area (Å²) in [6.07, 6.45) is -0.157. The number of amides is 1. The van der Waals surface area contributed by atoms with Crippen LogP contribution in [-0.2, 0) is 9.53 Å². The lowest BCUT2D eigenvalue weighted by Crippen LogP contribution is -2.21. The average Bonchev–Trinajstić information content (AvgIpc) is 2.37. The molecular weight excluding hydrogens is 274 g/mol. The molecule has 0 aliphatic carbocycles. The summed E-state index contributed by atoms with van der Waals surface area (Å²) >= 11 is 0. The van der Waals surface area contributed by atoms with Crippen molar-refractivity contribution >= 4 is 17.6 Å². The summed E-state index contributed by atoms with van der Waals surface area (Å²) in [6, 6.07) is 4.33. The molecule has 2 N–H and O–H groups in total. The van der Waals surface area contributed by atoms with Gasteiger partial charge in [0.05, 0.1) is 23.5 Å². The quantitative estimate of drug-likeness (QED) is 0.807. The van der Waals surface area contributed by atoms with E-state index in [1.165, 1.54) is 18.2 Å². The van der Waals surface area contributed by atoms with E-state index in [-0.39, 0.29) is 30.3 Å². The second-order valence-corrected chi connectivity index (χ2v) is 5.09. The van der Waals surface area contributed by atoms with Gasteiger partial charge in [-0.05, 0) is 45.9 Å². The molecule has 1 aromatic carbocycles. The molecule has 0 heterocycles. The Labute approximate surface area is 124 Å². The third-order valence-electron chi connectivity index (χ3n) is 2.41. The van der Waals surface area contributed by atoms with E-state index in [0.717, 1.165) is 0 Å². The number of aromatic carboxylic acids is 1. The van der Waals surface area contributed by atoms with Crippen LogP contribution in [0.4, 0.5) is 5.69 Å². The zero-order valence-electron chi connectivity index (χ0n) is 12.7. The molecule has 1 amide bonds. The molecule has 0 saturated heterocycles. The van der Waals surface area contributed by atoms with Crippen molar-refractivity contribution in [2.45, 2.75) is 39.9 Å². The molecule has 0 saturated carbocycles. The number of ether oxygens (including phenoxy) is 2. The smallest absolute Gasteiger partial charge is 0.335 e. The minimum atomic E-state index is -1.07. The zero-order valence-corrected chi connectivity index (χ0v) is 12.7. The van der Waals surface area contributed by atoms with Crippen LogP contribution in [0.15, 0.2) is 18.2 Å². The maximum atomic E-state index is 11.8. The molecule has 0 unspecified atom stereocenters. The summed E-state index contributed by atoms with van der Waals surface area (Å²) in [6.45, 7) is 7.24. The minimum Gasteiger partial charge on any atom is -0.489 e. The van der Waals surface area contributed by atoms with Crippen LogP contribution in [0, 0.1) is 0 Å². The average molecular weight is 295 g/mol. The molecule has 1 rings (SSSR count). The second-order valence-electron chi connectivity index (χ2n) is 5.09. The second kappa shape index (κ2) is 7.64. The van der Waals surface area contributed by atoms with E-state index in [2.05, 4.69) is 5.32 Å². The molecule has 0 aliphatic rings. The van der Waals surface area contributed by atoms with Gasteiger partial charge in [0.1, 0.15) is 12.4 Å². The molecule has 6 nitrogen and oxygen atoms in total. The van der Waals surface area contributed by atoms with Gasteiger partial charge < -0.3 is 19.9 Å². The minimum absolute atomic E-state index is 0.0625. The largest absolute Gasteiger partial charge is 0.489 e. The Hall–Kier alpha value is -2.08. The first kappa shape index (κ1) is 17.0. The number of hydrogen-bond acceptors (Lipinski definition) is 4. The lowest BCUT2D eigenvalue weighted by Gasteiger charge is -2.16. The summed E-state index contributed by atoms with van der Waals surface area (Å²) in [5.74, 6) is -1.01. The standard InChI is InChI=1S/C15H21NO5/c1-9(2)20-8-14(17)16-12-7-11(15(18)19)5-6-13(12)21-10(3)4/h5-7,9-10H,8H2,1-4H3,(H,16,17)(H,18,19). The topological polar surface area (TPSA) is 84.9 Å². The number of nitrogens with one attached hydrogen (secondary N) is 1. The van der Waals surface area contributed by atoms with Gasteiger partial charge in [0.2, 0.25) is 5.91 Å². The van der Waals surface area contributed by atoms with Crippen LogP contribution in [0.25, 0.3) is 0 Å². The fraction of sp³-hybridized carbons (Fsp3) is 0.467. The molecular formula is C15H21NO5. The van der Waals surface area contributed by atoms with E-state index in [9.17, 15) is 9.59 Å². The highest BCUT2D eigenvalue weighted by molar-refractivity contribution is 5.96. The zero-order chi connectivity index (χ0) is 16.0. The maximum absolute atomic E-state index is 11.8. The first-order chi connectivity index (χ1) is 9.79. The number of carbonyl (C=O) groups is 2. The summed E-state index contributed by atoms with van der Waals surface area (Å²) in [7, 11) is 0. The molecule has 0 radical (unpaired) electrons. The molecule has 0 aliphatic heterocycles. The van der Waals surface area contributed by atoms with E-state index in [0.29, 0.717) is 11.4 Å². The van der Waals surface area contributed by atoms with E-state index >= 15 is 0 Å². The fourth-order valence-corrected chi connectivity index (χ4v) is 1.55. The molecule has 0 fully saturated rings. The lowest BCUT2D eigenvalue weighted by molar-refractivity contribution is -0.121. The van der Waals surface area contributed by atoms with Crippen LogP contribution in [0.3, 0.4) is 0 Å². The number of benzene rings is 1. The first-order valence-corrected chi connectivity index (χ1v) is 6.75. The Morgan fingerprint density at radius 3 is 2.38 bits per heavy atom. The van der Waals surface area contributed by atoms with Gasteiger partial charge in [0, 0.05) is 0 Å². The van der Waals surface area contributed by atoms with Gasteiger partial charge in [0.25, 0.3) is 0 Å². The van der Waals surface area contributed by atoms with Crippen LogP contribution >= 0.6 is 0 Å². The van der Waals surface area contributed by atoms with Crippen LogP contribution in [0.2, 0.25) is 0 Å². The van der Waals surface area contributed by atoms with Gasteiger partial charge in [-0.1, -0.05) is 0 Å². The number of carboxylic acid groups (broad SMARTS) is 1. The molecule has 0 spiro atoms. The van der Waals surface area contributed by atoms with Crippen molar-refractivity contribution in [3.05, 3.63) is 23.8 Å². The SMILES string of the molecule is CC(C)OCC(=O)Nc1cc(C(=O)O)ccc1OC(C)C. The Balaban J connectivity index is 2.91. The van der Waals surface area contributed by atoms with Crippen LogP contribution in [0.1, 0.15) is 38.1 Å². The van der Waals surface area contributed by atoms with Gasteiger partial charge >= 0.3 is 5.97 Å². The Morgan fingerprint density at radius 2 is 1.86 bits per heavy atom. The normalized spacial score (nSPS) is 10.8. The van der Waals surface area contributed by atoms with Gasteiger partial charge in [-0.3, -0.25) is 4.79 Å². The molecule has 1 aromatic rings. The number of carbonyl (C=O) groups excluding carboxylic acids is 1. The van der Waals surface area contributed by atoms with Gasteiger partial charge in [0.15, 0.2) is 0 Å². The first-order valence-electron chi connectivity index (χ1n) is 6.75. The fourth-order valence-electron chi connectivity index (χ4n) is 1.55. The molecule has 21 heavy (non-hydrogen) atoms. The third kappa shape index (κ3) is 5.83. The highest BCUT2D eigenvalue weighted by Crippen LogP contribution is 2.27. The van der Waals surface area contributed by atoms with Crippen molar-refractivity contribution in [1.82, 2.24) is 0 Å². The molecule has 0 aromatic heterocycles. The van der Waals surface area contributed by atoms with Gasteiger partial charge in [-0.15, -0.1) is 0 Å². The number of anilines is 1. The summed E-state index contributed by atoms with van der Waals surface area (Å²) < 4.78 is 10.8. The molecule has 116 valence electrons. The van der Waals surface area contributed by atoms with Crippen molar-refractivity contribution in [2.75, 3.05) is 11.9 Å². The Morgan fingerprint density at radius 1 is 1.19 bits per heavy atom. The molecule has 6 heteroatoms. The van der Waals surface area contributed by atoms with Gasteiger partial charge in [-0.2, -0.15) is 0 Å². The molecule has 0 bridgehead atoms. The summed E-state index contributed by atoms with van der Waals surface area (Å²) in [5, 5.41) is 11.6. The highest BCUT2D eigenvalue weighted by atomic mass is 16.5. The predicted octanol–water partition coefficient (Wildman–Crippen LogP) is 2.54. The monoisotopic (exact) mass is 295 g/mol. The van der Waals surface area contributed by atoms with Crippen LogP contribution in [0.5, 0.6) is 5.75 Å². The van der Waals surface area contributed by atoms with E-state index < -0.39 is 5.97 Å². The summed E-state index contributed by atoms with van der Waals surface area (Å²) in [5.41, 5.74) is 0.396. The van der Waals surface area contributed by atoms with Gasteiger partial charge in [-0.25, -0.2) is 4.79 Å². The van der Waals surface area contributed by atoms with E-state index in [4.69, 9.17) is 14.6 Å². The van der Waals surface area contributed by atoms with Crippen molar-refractivity contribution in [1.29, 1.82) is 0 Å². The predicted molar refractivity (Wildman–Crippen MR) is 78.9 cm³/mol. The van der Waals surface area contributed by atoms with Crippen molar-refractivity contribution in [3.63, 3.8) is 0 Å². The Kier molecular flexibility index (Phi) is 6.17. The number of rotatable bonds is 7. The number of carboxylic acids is 1. The van der Waals surface area contributed by atoms with E-state index in [1.54, 1.807) is 0 Å². The van der Waals surface area contributed by atoms with Crippen LogP contribution in [-0.4, -0.2) is 35.8 Å². The van der Waals surface area contributed by atoms with Crippen molar-refractivity contribution in [2.24, 2.45) is 0 Å². The molecule has 0 atom stereocenters. The third-order valence-corrected chi connectivity index (χ3v) is 2.41. The van der Waals surface area contributed by atoms with Crippen molar-refractivity contribution < 1.29 is 24.2 Å². The highest BCUT2D eigenvalue weighted by Gasteiger charge is 2.13. The summed E-state index contributed by atoms with van der Waals surface area (Å²) in [4.78, 5) is 22.8. The van der Waals surface area contributed by atoms with Crippen molar-refractivity contribution in [3.8, 4) is 5.75 Å². The maximum Gasteiger partial charge on any atom is 0.335 e. The lowest BCUT2D eigenvalue weighted by atomic mass is 10.2. The van der Waals surface area contributed by atoms with E-state index in [1.807, 2.05) is 27.7 Å².